The predicted octanol–water partition coefficient (Wildman–Crippen LogP) is 1.75. The number of amides is 2. The third kappa shape index (κ3) is 4.81. The lowest BCUT2D eigenvalue weighted by Crippen LogP contribution is -2.28. The molecule has 0 atom stereocenters. The Morgan fingerprint density at radius 3 is 2.78 bits per heavy atom. The molecule has 1 heterocycles. The molecule has 1 aromatic carbocycles. The highest BCUT2D eigenvalue weighted by Crippen LogP contribution is 2.16. The van der Waals surface area contributed by atoms with E-state index in [-0.39, 0.29) is 18.2 Å². The summed E-state index contributed by atoms with van der Waals surface area (Å²) in [4.78, 5) is 37.9. The van der Waals surface area contributed by atoms with E-state index >= 15 is 0 Å². The Balaban J connectivity index is 1.96. The maximum atomic E-state index is 12.4. The van der Waals surface area contributed by atoms with Crippen molar-refractivity contribution in [3.05, 3.63) is 35.4 Å². The lowest BCUT2D eigenvalue weighted by molar-refractivity contribution is -0.137. The number of nitrogens with zero attached hydrogens (tertiary/aromatic N) is 2. The Morgan fingerprint density at radius 2 is 2.13 bits per heavy atom. The first-order valence-corrected chi connectivity index (χ1v) is 7.81. The van der Waals surface area contributed by atoms with Crippen molar-refractivity contribution in [3.63, 3.8) is 0 Å². The number of hydrogen-bond acceptors (Lipinski definition) is 3. The Kier molecular flexibility index (Phi) is 5.73. The highest BCUT2D eigenvalue weighted by atomic mass is 16.4. The zero-order chi connectivity index (χ0) is 16.8. The molecule has 0 aliphatic carbocycles. The van der Waals surface area contributed by atoms with Crippen LogP contribution < -0.4 is 0 Å². The van der Waals surface area contributed by atoms with Gasteiger partial charge < -0.3 is 14.9 Å². The summed E-state index contributed by atoms with van der Waals surface area (Å²) < 4.78 is 0. The molecule has 2 rings (SSSR count). The van der Waals surface area contributed by atoms with Gasteiger partial charge in [0.25, 0.3) is 5.91 Å². The van der Waals surface area contributed by atoms with Gasteiger partial charge in [-0.2, -0.15) is 0 Å². The van der Waals surface area contributed by atoms with Gasteiger partial charge in [-0.05, 0) is 30.5 Å². The van der Waals surface area contributed by atoms with E-state index in [1.54, 1.807) is 18.0 Å². The highest BCUT2D eigenvalue weighted by Gasteiger charge is 2.20. The molecule has 0 aromatic heterocycles. The van der Waals surface area contributed by atoms with Gasteiger partial charge in [-0.1, -0.05) is 12.1 Å². The van der Waals surface area contributed by atoms with Crippen LogP contribution in [0.1, 0.15) is 41.6 Å². The number of hydrogen-bond donors (Lipinski definition) is 1. The SMILES string of the molecule is CN(CCCC(=O)O)C(=O)c1cccc(CN2CCCC2=O)c1. The Labute approximate surface area is 135 Å². The topological polar surface area (TPSA) is 77.9 Å². The molecular formula is C17H22N2O4. The van der Waals surface area contributed by atoms with Gasteiger partial charge in [-0.3, -0.25) is 14.4 Å². The van der Waals surface area contributed by atoms with Gasteiger partial charge in [0.15, 0.2) is 0 Å². The molecule has 0 radical (unpaired) electrons. The van der Waals surface area contributed by atoms with Gasteiger partial charge in [0.05, 0.1) is 0 Å². The van der Waals surface area contributed by atoms with E-state index in [2.05, 4.69) is 0 Å². The van der Waals surface area contributed by atoms with Crippen molar-refractivity contribution in [3.8, 4) is 0 Å². The summed E-state index contributed by atoms with van der Waals surface area (Å²) in [6, 6.07) is 7.27. The quantitative estimate of drug-likeness (QED) is 0.831. The lowest BCUT2D eigenvalue weighted by Gasteiger charge is -2.18. The Hall–Kier alpha value is -2.37. The summed E-state index contributed by atoms with van der Waals surface area (Å²) in [7, 11) is 1.67. The van der Waals surface area contributed by atoms with Gasteiger partial charge >= 0.3 is 5.97 Å². The van der Waals surface area contributed by atoms with Gasteiger partial charge in [0, 0.05) is 45.1 Å². The van der Waals surface area contributed by atoms with Crippen LogP contribution in [0.15, 0.2) is 24.3 Å². The number of carboxylic acids is 1. The maximum Gasteiger partial charge on any atom is 0.303 e. The molecule has 6 nitrogen and oxygen atoms in total. The van der Waals surface area contributed by atoms with Crippen LogP contribution >= 0.6 is 0 Å². The van der Waals surface area contributed by atoms with Crippen LogP contribution in [0.4, 0.5) is 0 Å². The van der Waals surface area contributed by atoms with E-state index in [1.807, 2.05) is 18.2 Å². The van der Waals surface area contributed by atoms with Crippen molar-refractivity contribution in [1.82, 2.24) is 9.80 Å². The molecule has 1 fully saturated rings. The molecule has 6 heteroatoms. The minimum atomic E-state index is -0.858. The molecule has 23 heavy (non-hydrogen) atoms. The maximum absolute atomic E-state index is 12.4. The Morgan fingerprint density at radius 1 is 1.35 bits per heavy atom. The summed E-state index contributed by atoms with van der Waals surface area (Å²) >= 11 is 0. The van der Waals surface area contributed by atoms with Crippen molar-refractivity contribution < 1.29 is 19.5 Å². The average Bonchev–Trinajstić information content (AvgIpc) is 2.91. The van der Waals surface area contributed by atoms with Crippen molar-refractivity contribution >= 4 is 17.8 Å². The first kappa shape index (κ1) is 17.0. The number of likely N-dealkylation sites (tertiary alicyclic amines) is 1. The predicted molar refractivity (Wildman–Crippen MR) is 84.9 cm³/mol. The lowest BCUT2D eigenvalue weighted by atomic mass is 10.1. The molecule has 1 aliphatic heterocycles. The monoisotopic (exact) mass is 318 g/mol. The number of rotatable bonds is 7. The van der Waals surface area contributed by atoms with Crippen LogP contribution in [0.25, 0.3) is 0 Å². The minimum absolute atomic E-state index is 0.0503. The number of aliphatic carboxylic acids is 1. The van der Waals surface area contributed by atoms with E-state index in [1.165, 1.54) is 4.90 Å². The number of carbonyl (C=O) groups excluding carboxylic acids is 2. The molecule has 1 aliphatic rings. The zero-order valence-electron chi connectivity index (χ0n) is 13.3. The van der Waals surface area contributed by atoms with Crippen LogP contribution in [-0.4, -0.2) is 52.8 Å². The number of benzene rings is 1. The molecule has 2 amide bonds. The summed E-state index contributed by atoms with van der Waals surface area (Å²) in [5, 5.41) is 8.64. The van der Waals surface area contributed by atoms with E-state index in [0.717, 1.165) is 18.5 Å². The van der Waals surface area contributed by atoms with Gasteiger partial charge in [0.2, 0.25) is 5.91 Å². The first-order chi connectivity index (χ1) is 11.0. The van der Waals surface area contributed by atoms with Gasteiger partial charge in [0.1, 0.15) is 0 Å². The van der Waals surface area contributed by atoms with Gasteiger partial charge in [-0.25, -0.2) is 0 Å². The van der Waals surface area contributed by atoms with Crippen LogP contribution in [-0.2, 0) is 16.1 Å². The molecule has 124 valence electrons. The van der Waals surface area contributed by atoms with Crippen LogP contribution in [0, 0.1) is 0 Å². The van der Waals surface area contributed by atoms with E-state index < -0.39 is 5.97 Å². The van der Waals surface area contributed by atoms with Crippen LogP contribution in [0.3, 0.4) is 0 Å². The van der Waals surface area contributed by atoms with E-state index in [4.69, 9.17) is 5.11 Å². The van der Waals surface area contributed by atoms with Crippen molar-refractivity contribution in [1.29, 1.82) is 0 Å². The van der Waals surface area contributed by atoms with Crippen molar-refractivity contribution in [2.24, 2.45) is 0 Å². The molecule has 1 saturated heterocycles. The van der Waals surface area contributed by atoms with Crippen LogP contribution in [0.5, 0.6) is 0 Å². The average molecular weight is 318 g/mol. The summed E-state index contributed by atoms with van der Waals surface area (Å²) in [5.74, 6) is -0.833. The third-order valence-electron chi connectivity index (χ3n) is 3.95. The van der Waals surface area contributed by atoms with E-state index in [0.29, 0.717) is 31.5 Å². The summed E-state index contributed by atoms with van der Waals surface area (Å²) in [6.45, 7) is 1.70. The van der Waals surface area contributed by atoms with Crippen molar-refractivity contribution in [2.45, 2.75) is 32.2 Å². The van der Waals surface area contributed by atoms with Crippen molar-refractivity contribution in [2.75, 3.05) is 20.1 Å². The van der Waals surface area contributed by atoms with Crippen LogP contribution in [0.2, 0.25) is 0 Å². The molecule has 0 bridgehead atoms. The molecule has 0 spiro atoms. The first-order valence-electron chi connectivity index (χ1n) is 7.81. The zero-order valence-corrected chi connectivity index (χ0v) is 13.3. The second-order valence-corrected chi connectivity index (χ2v) is 5.84. The highest BCUT2D eigenvalue weighted by molar-refractivity contribution is 5.94. The Bertz CT molecular complexity index is 600. The second-order valence-electron chi connectivity index (χ2n) is 5.84. The second kappa shape index (κ2) is 7.76. The molecular weight excluding hydrogens is 296 g/mol. The molecule has 1 N–H and O–H groups in total. The standard InChI is InChI=1S/C17H22N2O4/c1-18(9-4-8-16(21)22)17(23)14-6-2-5-13(11-14)12-19-10-3-7-15(19)20/h2,5-6,11H,3-4,7-10,12H2,1H3,(H,21,22). The van der Waals surface area contributed by atoms with E-state index in [9.17, 15) is 14.4 Å². The normalized spacial score (nSPS) is 14.1. The smallest absolute Gasteiger partial charge is 0.303 e. The number of carbonyl (C=O) groups is 3. The van der Waals surface area contributed by atoms with Gasteiger partial charge in [-0.15, -0.1) is 0 Å². The molecule has 0 unspecified atom stereocenters. The fourth-order valence-corrected chi connectivity index (χ4v) is 2.68. The summed E-state index contributed by atoms with van der Waals surface area (Å²) in [5.41, 5.74) is 1.50. The minimum Gasteiger partial charge on any atom is -0.481 e. The number of carboxylic acid groups (broad SMARTS) is 1. The fraction of sp³-hybridized carbons (Fsp3) is 0.471. The third-order valence-corrected chi connectivity index (χ3v) is 3.95. The fourth-order valence-electron chi connectivity index (χ4n) is 2.68. The molecule has 0 saturated carbocycles. The molecule has 1 aromatic rings. The summed E-state index contributed by atoms with van der Waals surface area (Å²) in [6.07, 6.45) is 1.98. The largest absolute Gasteiger partial charge is 0.481 e.